The van der Waals surface area contributed by atoms with E-state index in [4.69, 9.17) is 10.8 Å². The Labute approximate surface area is 215 Å². The van der Waals surface area contributed by atoms with Gasteiger partial charge in [-0.25, -0.2) is 14.6 Å². The van der Waals surface area contributed by atoms with Crippen molar-refractivity contribution in [2.24, 2.45) is 0 Å². The van der Waals surface area contributed by atoms with Gasteiger partial charge in [-0.2, -0.15) is 5.10 Å². The number of fused-ring (bicyclic) bond motifs is 1. The van der Waals surface area contributed by atoms with Crippen LogP contribution in [0.5, 0.6) is 0 Å². The molecule has 0 spiro atoms. The molecule has 3 heterocycles. The van der Waals surface area contributed by atoms with Crippen molar-refractivity contribution in [1.82, 2.24) is 24.6 Å². The van der Waals surface area contributed by atoms with Crippen LogP contribution in [0.2, 0.25) is 0 Å². The lowest BCUT2D eigenvalue weighted by Gasteiger charge is -2.32. The molecule has 8 nitrogen and oxygen atoms in total. The third-order valence-corrected chi connectivity index (χ3v) is 6.99. The molecule has 8 heteroatoms. The number of hydrogen-bond acceptors (Lipinski definition) is 6. The van der Waals surface area contributed by atoms with E-state index >= 15 is 0 Å². The molecule has 4 aromatic rings. The highest BCUT2D eigenvalue weighted by Crippen LogP contribution is 2.34. The number of nitrogen functional groups attached to an aromatic ring is 1. The van der Waals surface area contributed by atoms with Gasteiger partial charge in [-0.15, -0.1) is 0 Å². The fourth-order valence-corrected chi connectivity index (χ4v) is 4.91. The van der Waals surface area contributed by atoms with Crippen LogP contribution in [0.4, 0.5) is 5.82 Å². The number of anilines is 1. The van der Waals surface area contributed by atoms with Crippen molar-refractivity contribution < 1.29 is 9.59 Å². The number of nitrogens with zero attached hydrogens (tertiary/aromatic N) is 5. The standard InChI is InChI=1S/C29H30N6O2/c1-3-25(37)34-16-4-5-23(17-34)35-29-26(28(30)31-18-32-29)27(33-35)22-13-8-20(9-14-22)10-15-24(36)21-11-6-19(2)7-12-21/h3,6-9,11-14,18,23H,1,4-5,10,15-17H2,2H3,(H2,30,31,32). The number of likely N-dealkylation sites (tertiary alicyclic amines) is 1. The van der Waals surface area contributed by atoms with E-state index in [1.165, 1.54) is 12.4 Å². The van der Waals surface area contributed by atoms with Gasteiger partial charge in [0.2, 0.25) is 5.91 Å². The third-order valence-electron chi connectivity index (χ3n) is 6.99. The van der Waals surface area contributed by atoms with Gasteiger partial charge in [-0.1, -0.05) is 60.7 Å². The van der Waals surface area contributed by atoms with Crippen LogP contribution < -0.4 is 5.73 Å². The molecule has 1 aliphatic rings. The number of benzene rings is 2. The second-order valence-corrected chi connectivity index (χ2v) is 9.52. The Balaban J connectivity index is 1.39. The summed E-state index contributed by atoms with van der Waals surface area (Å²) in [7, 11) is 0. The van der Waals surface area contributed by atoms with E-state index < -0.39 is 0 Å². The van der Waals surface area contributed by atoms with Crippen LogP contribution in [0.25, 0.3) is 22.3 Å². The first-order chi connectivity index (χ1) is 17.9. The first-order valence-electron chi connectivity index (χ1n) is 12.5. The second-order valence-electron chi connectivity index (χ2n) is 9.52. The highest BCUT2D eigenvalue weighted by atomic mass is 16.2. The second kappa shape index (κ2) is 10.3. The molecule has 1 amide bonds. The number of carbonyl (C=O) groups is 2. The summed E-state index contributed by atoms with van der Waals surface area (Å²) in [6, 6.07) is 15.7. The number of Topliss-reactive ketones (excluding diaryl/α,β-unsaturated/α-hetero) is 1. The summed E-state index contributed by atoms with van der Waals surface area (Å²) in [5.74, 6) is 0.427. The average Bonchev–Trinajstić information content (AvgIpc) is 3.33. The number of aryl methyl sites for hydroxylation is 2. The number of nitrogens with two attached hydrogens (primary N) is 1. The van der Waals surface area contributed by atoms with Gasteiger partial charge in [-0.05, 0) is 37.8 Å². The number of carbonyl (C=O) groups excluding carboxylic acids is 2. The van der Waals surface area contributed by atoms with Gasteiger partial charge in [0, 0.05) is 30.6 Å². The Morgan fingerprint density at radius 1 is 1.11 bits per heavy atom. The largest absolute Gasteiger partial charge is 0.383 e. The molecule has 0 saturated carbocycles. The molecule has 0 bridgehead atoms. The first-order valence-corrected chi connectivity index (χ1v) is 12.5. The van der Waals surface area contributed by atoms with E-state index in [0.717, 1.165) is 35.1 Å². The Bertz CT molecular complexity index is 1460. The fourth-order valence-electron chi connectivity index (χ4n) is 4.91. The maximum Gasteiger partial charge on any atom is 0.246 e. The zero-order valence-electron chi connectivity index (χ0n) is 20.9. The minimum atomic E-state index is -0.0769. The van der Waals surface area contributed by atoms with E-state index in [2.05, 4.69) is 16.5 Å². The minimum Gasteiger partial charge on any atom is -0.383 e. The lowest BCUT2D eigenvalue weighted by molar-refractivity contribution is -0.127. The first kappa shape index (κ1) is 24.4. The summed E-state index contributed by atoms with van der Waals surface area (Å²) >= 11 is 0. The number of amides is 1. The van der Waals surface area contributed by atoms with Crippen molar-refractivity contribution in [3.05, 3.63) is 84.2 Å². The summed E-state index contributed by atoms with van der Waals surface area (Å²) in [6.07, 6.45) is 5.66. The molecule has 2 aromatic carbocycles. The van der Waals surface area contributed by atoms with Crippen molar-refractivity contribution >= 4 is 28.5 Å². The molecule has 1 saturated heterocycles. The monoisotopic (exact) mass is 494 g/mol. The van der Waals surface area contributed by atoms with Crippen LogP contribution in [0.1, 0.15) is 46.8 Å². The molecule has 2 aromatic heterocycles. The number of hydrogen-bond donors (Lipinski definition) is 1. The smallest absolute Gasteiger partial charge is 0.246 e. The molecule has 0 aliphatic carbocycles. The Hall–Kier alpha value is -4.33. The molecule has 37 heavy (non-hydrogen) atoms. The Morgan fingerprint density at radius 2 is 1.86 bits per heavy atom. The van der Waals surface area contributed by atoms with E-state index in [1.807, 2.05) is 60.1 Å². The van der Waals surface area contributed by atoms with Gasteiger partial charge in [0.1, 0.15) is 17.8 Å². The van der Waals surface area contributed by atoms with E-state index in [-0.39, 0.29) is 17.7 Å². The Morgan fingerprint density at radius 3 is 2.59 bits per heavy atom. The summed E-state index contributed by atoms with van der Waals surface area (Å²) in [5.41, 5.74) is 11.5. The lowest BCUT2D eigenvalue weighted by atomic mass is 10.0. The molecule has 0 radical (unpaired) electrons. The van der Waals surface area contributed by atoms with Gasteiger partial charge in [0.05, 0.1) is 11.4 Å². The molecular weight excluding hydrogens is 464 g/mol. The fraction of sp³-hybridized carbons (Fsp3) is 0.276. The van der Waals surface area contributed by atoms with Crippen LogP contribution >= 0.6 is 0 Å². The molecule has 1 fully saturated rings. The van der Waals surface area contributed by atoms with E-state index in [1.54, 1.807) is 4.90 Å². The maximum absolute atomic E-state index is 12.6. The molecule has 2 N–H and O–H groups in total. The molecular formula is C29H30N6O2. The summed E-state index contributed by atoms with van der Waals surface area (Å²) in [6.45, 7) is 6.87. The van der Waals surface area contributed by atoms with Gasteiger partial charge < -0.3 is 10.6 Å². The van der Waals surface area contributed by atoms with Crippen LogP contribution in [-0.4, -0.2) is 49.4 Å². The molecule has 188 valence electrons. The van der Waals surface area contributed by atoms with Crippen molar-refractivity contribution in [1.29, 1.82) is 0 Å². The zero-order valence-corrected chi connectivity index (χ0v) is 20.9. The SMILES string of the molecule is C=CC(=O)N1CCCC(n2nc(-c3ccc(CCC(=O)c4ccc(C)cc4)cc3)c3c(N)ncnc32)C1. The summed E-state index contributed by atoms with van der Waals surface area (Å²) in [5, 5.41) is 5.64. The molecule has 1 unspecified atom stereocenters. The van der Waals surface area contributed by atoms with E-state index in [9.17, 15) is 9.59 Å². The van der Waals surface area contributed by atoms with Gasteiger partial charge >= 0.3 is 0 Å². The normalized spacial score (nSPS) is 15.6. The number of ketones is 1. The van der Waals surface area contributed by atoms with Crippen LogP contribution in [-0.2, 0) is 11.2 Å². The highest BCUT2D eigenvalue weighted by Gasteiger charge is 2.28. The topological polar surface area (TPSA) is 107 Å². The van der Waals surface area contributed by atoms with Crippen molar-refractivity contribution in [3.8, 4) is 11.3 Å². The summed E-state index contributed by atoms with van der Waals surface area (Å²) in [4.78, 5) is 35.3. The Kier molecular flexibility index (Phi) is 6.81. The van der Waals surface area contributed by atoms with Gasteiger partial charge in [-0.3, -0.25) is 9.59 Å². The van der Waals surface area contributed by atoms with Gasteiger partial charge in [0.15, 0.2) is 11.4 Å². The van der Waals surface area contributed by atoms with Crippen LogP contribution in [0.3, 0.4) is 0 Å². The van der Waals surface area contributed by atoms with Crippen molar-refractivity contribution in [2.75, 3.05) is 18.8 Å². The van der Waals surface area contributed by atoms with Crippen molar-refractivity contribution in [3.63, 3.8) is 0 Å². The van der Waals surface area contributed by atoms with Gasteiger partial charge in [0.25, 0.3) is 0 Å². The third kappa shape index (κ3) is 5.00. The maximum atomic E-state index is 12.6. The highest BCUT2D eigenvalue weighted by molar-refractivity contribution is 5.98. The predicted molar refractivity (Wildman–Crippen MR) is 144 cm³/mol. The lowest BCUT2D eigenvalue weighted by Crippen LogP contribution is -2.40. The van der Waals surface area contributed by atoms with Crippen LogP contribution in [0, 0.1) is 6.92 Å². The average molecular weight is 495 g/mol. The number of piperidine rings is 1. The summed E-state index contributed by atoms with van der Waals surface area (Å²) < 4.78 is 1.89. The quantitative estimate of drug-likeness (QED) is 0.298. The molecule has 1 aliphatic heterocycles. The van der Waals surface area contributed by atoms with Crippen molar-refractivity contribution in [2.45, 2.75) is 38.6 Å². The minimum absolute atomic E-state index is 0.0183. The number of rotatable bonds is 7. The van der Waals surface area contributed by atoms with E-state index in [0.29, 0.717) is 48.5 Å². The molecule has 5 rings (SSSR count). The predicted octanol–water partition coefficient (Wildman–Crippen LogP) is 4.55. The molecule has 1 atom stereocenters. The van der Waals surface area contributed by atoms with Crippen LogP contribution in [0.15, 0.2) is 67.5 Å². The number of aromatic nitrogens is 4. The zero-order chi connectivity index (χ0) is 25.9.